The van der Waals surface area contributed by atoms with Crippen LogP contribution in [0.5, 0.6) is 0 Å². The molecule has 6 heteroatoms. The highest BCUT2D eigenvalue weighted by atomic mass is 35.5. The number of fused-ring (bicyclic) bond motifs is 1. The lowest BCUT2D eigenvalue weighted by Gasteiger charge is -2.25. The molecule has 2 aromatic carbocycles. The first kappa shape index (κ1) is 12.9. The van der Waals surface area contributed by atoms with Crippen LogP contribution in [0.25, 0.3) is 0 Å². The van der Waals surface area contributed by atoms with Gasteiger partial charge >= 0.3 is 7.05 Å². The van der Waals surface area contributed by atoms with Gasteiger partial charge in [-0.3, -0.25) is 4.79 Å². The summed E-state index contributed by atoms with van der Waals surface area (Å²) in [6, 6.07) is 13.9. The third-order valence-electron chi connectivity index (χ3n) is 3.14. The summed E-state index contributed by atoms with van der Waals surface area (Å²) in [5, 5.41) is 14.8. The molecule has 2 aromatic rings. The zero-order valence-electron chi connectivity index (χ0n) is 10.4. The maximum atomic E-state index is 12.3. The predicted molar refractivity (Wildman–Crippen MR) is 79.3 cm³/mol. The highest BCUT2D eigenvalue weighted by Crippen LogP contribution is 2.17. The van der Waals surface area contributed by atoms with Gasteiger partial charge in [0.05, 0.1) is 6.21 Å². The van der Waals surface area contributed by atoms with Gasteiger partial charge in [0, 0.05) is 16.1 Å². The number of rotatable bonds is 1. The Balaban J connectivity index is 1.98. The smallest absolute Gasteiger partial charge is 0.427 e. The second kappa shape index (κ2) is 5.11. The second-order valence-electron chi connectivity index (χ2n) is 4.38. The van der Waals surface area contributed by atoms with Crippen molar-refractivity contribution in [3.05, 3.63) is 64.7 Å². The molecule has 1 heterocycles. The van der Waals surface area contributed by atoms with Gasteiger partial charge in [-0.15, -0.1) is 0 Å². The summed E-state index contributed by atoms with van der Waals surface area (Å²) in [6.45, 7) is 0. The molecule has 1 amide bonds. The van der Waals surface area contributed by atoms with Gasteiger partial charge in [-0.05, 0) is 23.7 Å². The van der Waals surface area contributed by atoms with Gasteiger partial charge in [0.15, 0.2) is 0 Å². The molecule has 4 nitrogen and oxygen atoms in total. The van der Waals surface area contributed by atoms with E-state index in [9.17, 15) is 9.82 Å². The normalized spacial score (nSPS) is 13.3. The first-order valence-electron chi connectivity index (χ1n) is 6.07. The van der Waals surface area contributed by atoms with E-state index in [4.69, 9.17) is 11.6 Å². The Morgan fingerprint density at radius 1 is 1.15 bits per heavy atom. The zero-order valence-corrected chi connectivity index (χ0v) is 11.2. The summed E-state index contributed by atoms with van der Waals surface area (Å²) >= 11 is 6.05. The maximum absolute atomic E-state index is 12.3. The zero-order chi connectivity index (χ0) is 14.1. The van der Waals surface area contributed by atoms with Gasteiger partial charge in [0.2, 0.25) is 0 Å². The number of benzene rings is 2. The van der Waals surface area contributed by atoms with E-state index in [1.165, 1.54) is 6.21 Å². The molecule has 0 radical (unpaired) electrons. The minimum absolute atomic E-state index is 0.361. The van der Waals surface area contributed by atoms with Crippen LogP contribution in [-0.4, -0.2) is 29.1 Å². The van der Waals surface area contributed by atoms with E-state index in [-0.39, 0.29) is 5.91 Å². The summed E-state index contributed by atoms with van der Waals surface area (Å²) in [4.78, 5) is 13.4. The van der Waals surface area contributed by atoms with Gasteiger partial charge in [-0.1, -0.05) is 41.9 Å². The molecule has 20 heavy (non-hydrogen) atoms. The van der Waals surface area contributed by atoms with Gasteiger partial charge in [-0.25, -0.2) is 4.92 Å². The van der Waals surface area contributed by atoms with Crippen molar-refractivity contribution in [3.8, 4) is 0 Å². The Hall–Kier alpha value is -2.11. The molecular formula is C14H10BClN2O2. The highest BCUT2D eigenvalue weighted by Gasteiger charge is 2.34. The molecule has 3 rings (SSSR count). The summed E-state index contributed by atoms with van der Waals surface area (Å²) < 4.78 is 0. The summed E-state index contributed by atoms with van der Waals surface area (Å²) in [7, 11) is -1.14. The average Bonchev–Trinajstić information content (AvgIpc) is 2.49. The van der Waals surface area contributed by atoms with E-state index in [0.29, 0.717) is 21.6 Å². The van der Waals surface area contributed by atoms with E-state index < -0.39 is 7.05 Å². The van der Waals surface area contributed by atoms with Crippen molar-refractivity contribution in [1.82, 2.24) is 4.92 Å². The van der Waals surface area contributed by atoms with E-state index in [2.05, 4.69) is 5.10 Å². The molecule has 0 spiro atoms. The number of carbonyl (C=O) groups excluding carboxylic acids is 1. The van der Waals surface area contributed by atoms with Crippen LogP contribution in [0.3, 0.4) is 0 Å². The van der Waals surface area contributed by atoms with E-state index in [1.807, 2.05) is 6.07 Å². The fourth-order valence-electron chi connectivity index (χ4n) is 2.11. The third-order valence-corrected chi connectivity index (χ3v) is 3.47. The maximum Gasteiger partial charge on any atom is 0.474 e. The first-order chi connectivity index (χ1) is 9.68. The van der Waals surface area contributed by atoms with Crippen molar-refractivity contribution in [3.63, 3.8) is 0 Å². The predicted octanol–water partition coefficient (Wildman–Crippen LogP) is 1.52. The standard InChI is InChI=1S/C14H10BClN2O2/c16-13-8-4-7-12-11(13)9-17-18(15(12)20)14(19)10-5-2-1-3-6-10/h1-9,20H. The molecule has 0 aromatic heterocycles. The molecule has 0 bridgehead atoms. The van der Waals surface area contributed by atoms with Gasteiger partial charge in [-0.2, -0.15) is 5.10 Å². The average molecular weight is 285 g/mol. The lowest BCUT2D eigenvalue weighted by molar-refractivity contribution is 0.0846. The number of hydrazone groups is 1. The minimum Gasteiger partial charge on any atom is -0.427 e. The minimum atomic E-state index is -1.14. The molecule has 98 valence electrons. The number of hydrogen-bond acceptors (Lipinski definition) is 3. The lowest BCUT2D eigenvalue weighted by atomic mass is 9.69. The van der Waals surface area contributed by atoms with Crippen molar-refractivity contribution in [2.45, 2.75) is 0 Å². The van der Waals surface area contributed by atoms with Crippen LogP contribution in [-0.2, 0) is 0 Å². The monoisotopic (exact) mass is 284 g/mol. The molecule has 0 unspecified atom stereocenters. The van der Waals surface area contributed by atoms with Gasteiger partial charge < -0.3 is 5.02 Å². The SMILES string of the molecule is O=C(c1ccccc1)N1N=Cc2c(Cl)cccc2B1O. The Bertz CT molecular complexity index is 691. The summed E-state index contributed by atoms with van der Waals surface area (Å²) in [5.74, 6) is -0.361. The quantitative estimate of drug-likeness (QED) is 0.807. The topological polar surface area (TPSA) is 52.9 Å². The van der Waals surface area contributed by atoms with Crippen LogP contribution in [0.2, 0.25) is 5.02 Å². The van der Waals surface area contributed by atoms with Gasteiger partial charge in [0.1, 0.15) is 0 Å². The fourth-order valence-corrected chi connectivity index (χ4v) is 2.34. The molecule has 1 aliphatic heterocycles. The fraction of sp³-hybridized carbons (Fsp3) is 0. The Morgan fingerprint density at radius 3 is 2.65 bits per heavy atom. The summed E-state index contributed by atoms with van der Waals surface area (Å²) in [5.41, 5.74) is 1.67. The third kappa shape index (κ3) is 2.11. The van der Waals surface area contributed by atoms with Crippen molar-refractivity contribution >= 4 is 36.2 Å². The number of amides is 1. The molecular weight excluding hydrogens is 274 g/mol. The van der Waals surface area contributed by atoms with Crippen LogP contribution in [0.4, 0.5) is 0 Å². The van der Waals surface area contributed by atoms with Crippen molar-refractivity contribution in [2.75, 3.05) is 0 Å². The van der Waals surface area contributed by atoms with Crippen molar-refractivity contribution < 1.29 is 9.82 Å². The van der Waals surface area contributed by atoms with Crippen molar-refractivity contribution in [2.24, 2.45) is 5.10 Å². The first-order valence-corrected chi connectivity index (χ1v) is 6.45. The lowest BCUT2D eigenvalue weighted by Crippen LogP contribution is -2.52. The van der Waals surface area contributed by atoms with E-state index >= 15 is 0 Å². The summed E-state index contributed by atoms with van der Waals surface area (Å²) in [6.07, 6.45) is 1.49. The molecule has 0 saturated carbocycles. The van der Waals surface area contributed by atoms with Crippen LogP contribution >= 0.6 is 11.6 Å². The number of nitrogens with zero attached hydrogens (tertiary/aromatic N) is 2. The Morgan fingerprint density at radius 2 is 1.90 bits per heavy atom. The Kier molecular flexibility index (Phi) is 3.30. The molecule has 0 aliphatic carbocycles. The van der Waals surface area contributed by atoms with Crippen molar-refractivity contribution in [1.29, 1.82) is 0 Å². The number of hydrogen-bond donors (Lipinski definition) is 1. The second-order valence-corrected chi connectivity index (χ2v) is 4.78. The molecule has 1 N–H and O–H groups in total. The molecule has 0 atom stereocenters. The van der Waals surface area contributed by atoms with Crippen LogP contribution < -0.4 is 5.46 Å². The van der Waals surface area contributed by atoms with E-state index in [0.717, 1.165) is 4.92 Å². The number of halogens is 1. The number of carbonyl (C=O) groups is 1. The highest BCUT2D eigenvalue weighted by molar-refractivity contribution is 6.68. The molecule has 0 saturated heterocycles. The largest absolute Gasteiger partial charge is 0.474 e. The molecule has 0 fully saturated rings. The van der Waals surface area contributed by atoms with E-state index in [1.54, 1.807) is 42.5 Å². The van der Waals surface area contributed by atoms with Crippen LogP contribution in [0.15, 0.2) is 53.6 Å². The van der Waals surface area contributed by atoms with Gasteiger partial charge in [0.25, 0.3) is 5.91 Å². The molecule has 1 aliphatic rings. The van der Waals surface area contributed by atoms with Crippen LogP contribution in [0.1, 0.15) is 15.9 Å². The Labute approximate surface area is 121 Å². The van der Waals surface area contributed by atoms with Crippen LogP contribution in [0, 0.1) is 0 Å².